The van der Waals surface area contributed by atoms with E-state index in [0.29, 0.717) is 65.0 Å². The average Bonchev–Trinajstić information content (AvgIpc) is 3.56. The molecule has 0 aromatic heterocycles. The van der Waals surface area contributed by atoms with Crippen LogP contribution in [0.5, 0.6) is 0 Å². The molecule has 0 aromatic rings. The molecule has 0 radical (unpaired) electrons. The van der Waals surface area contributed by atoms with Crippen LogP contribution in [-0.2, 0) is 28.6 Å². The maximum absolute atomic E-state index is 14.5. The SMILES string of the molecule is C=CCCOC(=O)[C@H]1[C@H]2C(=O)N([C@@H](CC)CO)C(C(=O)N(CC=C)CCN3CCOCC3)C23CC[C@]1(CC)O3. The van der Waals surface area contributed by atoms with Crippen molar-refractivity contribution < 1.29 is 33.7 Å². The third-order valence-corrected chi connectivity index (χ3v) is 9.20. The van der Waals surface area contributed by atoms with E-state index in [4.69, 9.17) is 14.2 Å². The predicted octanol–water partition coefficient (Wildman–Crippen LogP) is 1.38. The van der Waals surface area contributed by atoms with Gasteiger partial charge in [-0.1, -0.05) is 26.0 Å². The Morgan fingerprint density at radius 2 is 1.97 bits per heavy atom. The van der Waals surface area contributed by atoms with Gasteiger partial charge in [-0.2, -0.15) is 0 Å². The van der Waals surface area contributed by atoms with Crippen LogP contribution in [-0.4, -0.2) is 120 Å². The highest BCUT2D eigenvalue weighted by Crippen LogP contribution is 2.64. The lowest BCUT2D eigenvalue weighted by Gasteiger charge is -2.40. The van der Waals surface area contributed by atoms with Gasteiger partial charge in [-0.3, -0.25) is 19.3 Å². The fourth-order valence-corrected chi connectivity index (χ4v) is 7.14. The van der Waals surface area contributed by atoms with E-state index in [0.717, 1.165) is 13.1 Å². The molecule has 4 fully saturated rings. The van der Waals surface area contributed by atoms with Gasteiger partial charge < -0.3 is 29.1 Å². The minimum atomic E-state index is -1.15. The Balaban J connectivity index is 1.69. The van der Waals surface area contributed by atoms with Gasteiger partial charge in [0.05, 0.1) is 44.0 Å². The number of carbonyl (C=O) groups is 3. The second-order valence-electron chi connectivity index (χ2n) is 11.1. The molecule has 4 heterocycles. The molecule has 39 heavy (non-hydrogen) atoms. The van der Waals surface area contributed by atoms with Gasteiger partial charge in [-0.05, 0) is 32.1 Å². The highest BCUT2D eigenvalue weighted by Gasteiger charge is 2.79. The molecule has 2 amide bonds. The summed E-state index contributed by atoms with van der Waals surface area (Å²) < 4.78 is 17.8. The van der Waals surface area contributed by atoms with Crippen molar-refractivity contribution in [2.24, 2.45) is 11.8 Å². The van der Waals surface area contributed by atoms with Gasteiger partial charge >= 0.3 is 5.97 Å². The zero-order valence-electron chi connectivity index (χ0n) is 23.5. The van der Waals surface area contributed by atoms with Crippen molar-refractivity contribution in [3.8, 4) is 0 Å². The van der Waals surface area contributed by atoms with Gasteiger partial charge in [-0.15, -0.1) is 13.2 Å². The molecule has 4 saturated heterocycles. The number of aliphatic hydroxyl groups is 1. The fraction of sp³-hybridized carbons (Fsp3) is 0.759. The minimum absolute atomic E-state index is 0.182. The second-order valence-corrected chi connectivity index (χ2v) is 11.1. The van der Waals surface area contributed by atoms with Crippen molar-refractivity contribution in [2.75, 3.05) is 59.2 Å². The molecular formula is C29H45N3O7. The number of hydrogen-bond acceptors (Lipinski definition) is 8. The van der Waals surface area contributed by atoms with Crippen LogP contribution in [0.3, 0.4) is 0 Å². The monoisotopic (exact) mass is 547 g/mol. The van der Waals surface area contributed by atoms with E-state index in [2.05, 4.69) is 18.1 Å². The zero-order chi connectivity index (χ0) is 28.2. The molecule has 10 heteroatoms. The Morgan fingerprint density at radius 3 is 2.59 bits per heavy atom. The molecule has 1 N–H and O–H groups in total. The van der Waals surface area contributed by atoms with Crippen molar-refractivity contribution >= 4 is 17.8 Å². The third-order valence-electron chi connectivity index (χ3n) is 9.20. The first-order chi connectivity index (χ1) is 18.8. The van der Waals surface area contributed by atoms with Crippen molar-refractivity contribution in [3.05, 3.63) is 25.3 Å². The molecule has 2 unspecified atom stereocenters. The lowest BCUT2D eigenvalue weighted by molar-refractivity contribution is -0.163. The first kappa shape index (κ1) is 29.7. The Bertz CT molecular complexity index is 934. The molecule has 218 valence electrons. The van der Waals surface area contributed by atoms with Crippen LogP contribution in [0.25, 0.3) is 0 Å². The van der Waals surface area contributed by atoms with E-state index >= 15 is 0 Å². The summed E-state index contributed by atoms with van der Waals surface area (Å²) in [6.45, 7) is 15.7. The van der Waals surface area contributed by atoms with Gasteiger partial charge in [0.25, 0.3) is 0 Å². The van der Waals surface area contributed by atoms with Crippen LogP contribution >= 0.6 is 0 Å². The molecule has 1 spiro atoms. The number of carbonyl (C=O) groups excluding carboxylic acids is 3. The summed E-state index contributed by atoms with van der Waals surface area (Å²) in [6.07, 6.45) is 5.94. The summed E-state index contributed by atoms with van der Waals surface area (Å²) >= 11 is 0. The van der Waals surface area contributed by atoms with E-state index < -0.39 is 41.1 Å². The summed E-state index contributed by atoms with van der Waals surface area (Å²) in [6, 6.07) is -1.50. The molecular weight excluding hydrogens is 502 g/mol. The van der Waals surface area contributed by atoms with Gasteiger partial charge in [0.1, 0.15) is 17.6 Å². The van der Waals surface area contributed by atoms with Gasteiger partial charge in [-0.25, -0.2) is 0 Å². The molecule has 0 aromatic carbocycles. The smallest absolute Gasteiger partial charge is 0.312 e. The number of fused-ring (bicyclic) bond motifs is 1. The molecule has 4 aliphatic heterocycles. The molecule has 4 rings (SSSR count). The maximum atomic E-state index is 14.5. The number of aliphatic hydroxyl groups excluding tert-OH is 1. The van der Waals surface area contributed by atoms with Crippen LogP contribution in [0, 0.1) is 11.8 Å². The Hall–Kier alpha value is -2.27. The van der Waals surface area contributed by atoms with Crippen molar-refractivity contribution in [2.45, 2.75) is 69.2 Å². The molecule has 4 aliphatic rings. The minimum Gasteiger partial charge on any atom is -0.465 e. The van der Waals surface area contributed by atoms with E-state index in [9.17, 15) is 19.5 Å². The van der Waals surface area contributed by atoms with E-state index in [1.54, 1.807) is 17.1 Å². The first-order valence-electron chi connectivity index (χ1n) is 14.4. The zero-order valence-corrected chi connectivity index (χ0v) is 23.5. The number of amides is 2. The summed E-state index contributed by atoms with van der Waals surface area (Å²) in [5.41, 5.74) is -2.00. The van der Waals surface area contributed by atoms with Crippen LogP contribution in [0.2, 0.25) is 0 Å². The maximum Gasteiger partial charge on any atom is 0.312 e. The second kappa shape index (κ2) is 12.5. The van der Waals surface area contributed by atoms with Crippen LogP contribution in [0.4, 0.5) is 0 Å². The number of rotatable bonds is 14. The molecule has 0 aliphatic carbocycles. The average molecular weight is 548 g/mol. The van der Waals surface area contributed by atoms with Crippen molar-refractivity contribution in [3.63, 3.8) is 0 Å². The summed E-state index contributed by atoms with van der Waals surface area (Å²) in [5.74, 6) is -2.62. The molecule has 10 nitrogen and oxygen atoms in total. The van der Waals surface area contributed by atoms with Crippen molar-refractivity contribution in [1.29, 1.82) is 0 Å². The van der Waals surface area contributed by atoms with E-state index in [-0.39, 0.29) is 25.0 Å². The van der Waals surface area contributed by atoms with Gasteiger partial charge in [0.15, 0.2) is 0 Å². The standard InChI is InChI=1S/C29H45N3O7/c1-5-9-17-38-27(36)23-22-25(34)32(21(7-3)20-33)24(29(22)11-10-28(23,8-4)39-29)26(35)31(12-6-2)14-13-30-15-18-37-19-16-30/h5-6,21-24,33H,1-2,7-20H2,3-4H3/t21-,22-,23+,24?,28-,29?/m0/s1. The molecule has 6 atom stereocenters. The number of esters is 1. The Morgan fingerprint density at radius 1 is 1.23 bits per heavy atom. The number of nitrogens with zero attached hydrogens (tertiary/aromatic N) is 3. The van der Waals surface area contributed by atoms with Gasteiger partial charge in [0.2, 0.25) is 11.8 Å². The Labute approximate surface area is 231 Å². The summed E-state index contributed by atoms with van der Waals surface area (Å²) in [7, 11) is 0. The quantitative estimate of drug-likeness (QED) is 0.197. The highest BCUT2D eigenvalue weighted by atomic mass is 16.6. The summed E-state index contributed by atoms with van der Waals surface area (Å²) in [4.78, 5) is 47.7. The molecule has 0 saturated carbocycles. The number of ether oxygens (including phenoxy) is 3. The van der Waals surface area contributed by atoms with Crippen LogP contribution < -0.4 is 0 Å². The fourth-order valence-electron chi connectivity index (χ4n) is 7.14. The first-order valence-corrected chi connectivity index (χ1v) is 14.4. The number of likely N-dealkylation sites (tertiary alicyclic amines) is 1. The van der Waals surface area contributed by atoms with Gasteiger partial charge in [0, 0.05) is 32.7 Å². The van der Waals surface area contributed by atoms with Crippen LogP contribution in [0.1, 0.15) is 46.0 Å². The van der Waals surface area contributed by atoms with Crippen molar-refractivity contribution in [1.82, 2.24) is 14.7 Å². The van der Waals surface area contributed by atoms with Crippen LogP contribution in [0.15, 0.2) is 25.3 Å². The predicted molar refractivity (Wildman–Crippen MR) is 145 cm³/mol. The summed E-state index contributed by atoms with van der Waals surface area (Å²) in [5, 5.41) is 10.3. The number of morpholine rings is 1. The lowest BCUT2D eigenvalue weighted by Crippen LogP contribution is -2.59. The topological polar surface area (TPSA) is 109 Å². The highest BCUT2D eigenvalue weighted by molar-refractivity contribution is 5.98. The largest absolute Gasteiger partial charge is 0.465 e. The van der Waals surface area contributed by atoms with E-state index in [1.165, 1.54) is 4.90 Å². The lowest BCUT2D eigenvalue weighted by atomic mass is 9.65. The number of hydrogen-bond donors (Lipinski definition) is 1. The Kier molecular flexibility index (Phi) is 9.52. The molecule has 2 bridgehead atoms. The van der Waals surface area contributed by atoms with E-state index in [1.807, 2.05) is 13.8 Å². The normalized spacial score (nSPS) is 32.6. The third kappa shape index (κ3) is 5.16.